The molecule has 0 radical (unpaired) electrons. The lowest BCUT2D eigenvalue weighted by Crippen LogP contribution is -2.22. The van der Waals surface area contributed by atoms with Crippen LogP contribution in [0.25, 0.3) is 0 Å². The third kappa shape index (κ3) is 6.23. The van der Waals surface area contributed by atoms with Crippen molar-refractivity contribution in [2.24, 2.45) is 0 Å². The standard InChI is InChI=1S/C29H38N2O3/c1-7-31(8-2)25-16-19-27(28(20-25)33-9-3)29(23-12-14-24(15-13-23)30(4)5)34-21-22-10-17-26(32-6)18-11-22/h10-20,29H,7-9,21H2,1-6H3. The molecule has 3 rings (SSSR count). The van der Waals surface area contributed by atoms with E-state index in [9.17, 15) is 0 Å². The average molecular weight is 463 g/mol. The second kappa shape index (κ2) is 12.3. The van der Waals surface area contributed by atoms with Crippen molar-refractivity contribution in [3.05, 3.63) is 83.4 Å². The van der Waals surface area contributed by atoms with E-state index in [2.05, 4.69) is 66.1 Å². The number of methoxy groups -OCH3 is 1. The fraction of sp³-hybridized carbons (Fsp3) is 0.379. The maximum Gasteiger partial charge on any atom is 0.127 e. The van der Waals surface area contributed by atoms with Crippen molar-refractivity contribution in [2.45, 2.75) is 33.5 Å². The SMILES string of the molecule is CCOc1cc(N(CC)CC)ccc1C(OCc1ccc(OC)cc1)c1ccc(N(C)C)cc1. The molecule has 0 bridgehead atoms. The quantitative estimate of drug-likeness (QED) is 0.315. The van der Waals surface area contributed by atoms with E-state index >= 15 is 0 Å². The van der Waals surface area contributed by atoms with Gasteiger partial charge in [-0.3, -0.25) is 0 Å². The molecular weight excluding hydrogens is 424 g/mol. The number of rotatable bonds is 12. The van der Waals surface area contributed by atoms with Crippen LogP contribution in [0.5, 0.6) is 11.5 Å². The van der Waals surface area contributed by atoms with Gasteiger partial charge in [-0.1, -0.05) is 30.3 Å². The van der Waals surface area contributed by atoms with Crippen molar-refractivity contribution in [3.8, 4) is 11.5 Å². The summed E-state index contributed by atoms with van der Waals surface area (Å²) in [7, 11) is 5.77. The van der Waals surface area contributed by atoms with Gasteiger partial charge in [-0.15, -0.1) is 0 Å². The summed E-state index contributed by atoms with van der Waals surface area (Å²) >= 11 is 0. The second-order valence-electron chi connectivity index (χ2n) is 8.35. The van der Waals surface area contributed by atoms with Crippen LogP contribution in [0.4, 0.5) is 11.4 Å². The molecule has 0 aromatic heterocycles. The zero-order valence-electron chi connectivity index (χ0n) is 21.4. The fourth-order valence-electron chi connectivity index (χ4n) is 4.02. The molecule has 5 heteroatoms. The Balaban J connectivity index is 1.99. The zero-order valence-corrected chi connectivity index (χ0v) is 21.4. The van der Waals surface area contributed by atoms with Gasteiger partial charge in [-0.05, 0) is 62.2 Å². The monoisotopic (exact) mass is 462 g/mol. The molecule has 3 aromatic rings. The summed E-state index contributed by atoms with van der Waals surface area (Å²) in [6.45, 7) is 9.34. The third-order valence-corrected chi connectivity index (χ3v) is 6.00. The Morgan fingerprint density at radius 3 is 2.00 bits per heavy atom. The highest BCUT2D eigenvalue weighted by molar-refractivity contribution is 5.56. The summed E-state index contributed by atoms with van der Waals surface area (Å²) in [6.07, 6.45) is -0.259. The van der Waals surface area contributed by atoms with Gasteiger partial charge in [-0.25, -0.2) is 0 Å². The summed E-state index contributed by atoms with van der Waals surface area (Å²) in [6, 6.07) is 23.0. The Bertz CT molecular complexity index is 1010. The molecule has 34 heavy (non-hydrogen) atoms. The molecule has 0 aliphatic carbocycles. The van der Waals surface area contributed by atoms with Crippen molar-refractivity contribution in [1.82, 2.24) is 0 Å². The number of benzene rings is 3. The van der Waals surface area contributed by atoms with Crippen LogP contribution in [0.1, 0.15) is 43.6 Å². The summed E-state index contributed by atoms with van der Waals surface area (Å²) < 4.78 is 18.0. The predicted molar refractivity (Wildman–Crippen MR) is 142 cm³/mol. The molecule has 1 unspecified atom stereocenters. The molecule has 1 atom stereocenters. The van der Waals surface area contributed by atoms with E-state index in [-0.39, 0.29) is 6.10 Å². The molecule has 0 aliphatic heterocycles. The van der Waals surface area contributed by atoms with Gasteiger partial charge >= 0.3 is 0 Å². The Morgan fingerprint density at radius 1 is 0.794 bits per heavy atom. The van der Waals surface area contributed by atoms with Crippen molar-refractivity contribution in [3.63, 3.8) is 0 Å². The van der Waals surface area contributed by atoms with Crippen molar-refractivity contribution in [2.75, 3.05) is 50.7 Å². The maximum atomic E-state index is 6.57. The Morgan fingerprint density at radius 2 is 1.44 bits per heavy atom. The van der Waals surface area contributed by atoms with Crippen molar-refractivity contribution < 1.29 is 14.2 Å². The largest absolute Gasteiger partial charge is 0.497 e. The summed E-state index contributed by atoms with van der Waals surface area (Å²) in [5, 5.41) is 0. The fourth-order valence-corrected chi connectivity index (χ4v) is 4.02. The molecule has 5 nitrogen and oxygen atoms in total. The van der Waals surface area contributed by atoms with Crippen molar-refractivity contribution in [1.29, 1.82) is 0 Å². The lowest BCUT2D eigenvalue weighted by Gasteiger charge is -2.26. The van der Waals surface area contributed by atoms with Crippen LogP contribution in [0, 0.1) is 0 Å². The first kappa shape index (κ1) is 25.4. The lowest BCUT2D eigenvalue weighted by atomic mass is 9.99. The van der Waals surface area contributed by atoms with Gasteiger partial charge in [0.05, 0.1) is 20.3 Å². The van der Waals surface area contributed by atoms with Crippen LogP contribution in [-0.2, 0) is 11.3 Å². The molecule has 0 saturated carbocycles. The highest BCUT2D eigenvalue weighted by Crippen LogP contribution is 2.37. The van der Waals surface area contributed by atoms with Crippen LogP contribution in [0.2, 0.25) is 0 Å². The molecule has 0 saturated heterocycles. The topological polar surface area (TPSA) is 34.2 Å². The Labute approximate surface area is 204 Å². The van der Waals surface area contributed by atoms with Crippen LogP contribution in [0.3, 0.4) is 0 Å². The summed E-state index contributed by atoms with van der Waals surface area (Å²) in [4.78, 5) is 4.42. The highest BCUT2D eigenvalue weighted by Gasteiger charge is 2.21. The van der Waals surface area contributed by atoms with Gasteiger partial charge in [0.25, 0.3) is 0 Å². The molecular formula is C29H38N2O3. The van der Waals surface area contributed by atoms with E-state index in [4.69, 9.17) is 14.2 Å². The maximum absolute atomic E-state index is 6.57. The summed E-state index contributed by atoms with van der Waals surface area (Å²) in [5.74, 6) is 1.70. The minimum atomic E-state index is -0.259. The van der Waals surface area contributed by atoms with Crippen LogP contribution in [0.15, 0.2) is 66.7 Å². The van der Waals surface area contributed by atoms with E-state index in [1.165, 1.54) is 0 Å². The molecule has 0 heterocycles. The molecule has 0 amide bonds. The molecule has 0 N–H and O–H groups in total. The zero-order chi connectivity index (χ0) is 24.5. The number of ether oxygens (including phenoxy) is 3. The van der Waals surface area contributed by atoms with Gasteiger partial charge < -0.3 is 24.0 Å². The number of hydrogen-bond donors (Lipinski definition) is 0. The van der Waals surface area contributed by atoms with Crippen LogP contribution >= 0.6 is 0 Å². The first-order chi connectivity index (χ1) is 16.5. The van der Waals surface area contributed by atoms with Crippen LogP contribution in [-0.4, -0.2) is 40.9 Å². The van der Waals surface area contributed by atoms with Gasteiger partial charge in [0.2, 0.25) is 0 Å². The third-order valence-electron chi connectivity index (χ3n) is 6.00. The van der Waals surface area contributed by atoms with E-state index in [1.807, 2.05) is 45.3 Å². The predicted octanol–water partition coefficient (Wildman–Crippen LogP) is 6.31. The van der Waals surface area contributed by atoms with Gasteiger partial charge in [0.15, 0.2) is 0 Å². The van der Waals surface area contributed by atoms with Gasteiger partial charge in [-0.2, -0.15) is 0 Å². The van der Waals surface area contributed by atoms with E-state index in [0.29, 0.717) is 13.2 Å². The van der Waals surface area contributed by atoms with E-state index in [0.717, 1.165) is 52.7 Å². The Hall–Kier alpha value is -3.18. The first-order valence-electron chi connectivity index (χ1n) is 12.0. The number of anilines is 2. The average Bonchev–Trinajstić information content (AvgIpc) is 2.86. The first-order valence-corrected chi connectivity index (χ1v) is 12.0. The minimum Gasteiger partial charge on any atom is -0.497 e. The lowest BCUT2D eigenvalue weighted by molar-refractivity contribution is 0.0647. The molecule has 0 aliphatic rings. The van der Waals surface area contributed by atoms with Crippen molar-refractivity contribution >= 4 is 11.4 Å². The number of hydrogen-bond acceptors (Lipinski definition) is 5. The second-order valence-corrected chi connectivity index (χ2v) is 8.35. The minimum absolute atomic E-state index is 0.259. The van der Waals surface area contributed by atoms with E-state index in [1.54, 1.807) is 7.11 Å². The molecule has 0 spiro atoms. The summed E-state index contributed by atoms with van der Waals surface area (Å²) in [5.41, 5.74) is 5.53. The number of nitrogens with zero attached hydrogens (tertiary/aromatic N) is 2. The molecule has 0 fully saturated rings. The normalized spacial score (nSPS) is 11.7. The van der Waals surface area contributed by atoms with Gasteiger partial charge in [0, 0.05) is 50.2 Å². The highest BCUT2D eigenvalue weighted by atomic mass is 16.5. The van der Waals surface area contributed by atoms with E-state index < -0.39 is 0 Å². The van der Waals surface area contributed by atoms with Crippen LogP contribution < -0.4 is 19.3 Å². The molecule has 3 aromatic carbocycles. The Kier molecular flexibility index (Phi) is 9.23. The molecule has 182 valence electrons. The van der Waals surface area contributed by atoms with Gasteiger partial charge in [0.1, 0.15) is 17.6 Å². The smallest absolute Gasteiger partial charge is 0.127 e.